The molecule has 0 atom stereocenters. The number of fused-ring (bicyclic) bond motifs is 1. The van der Waals surface area contributed by atoms with E-state index in [-0.39, 0.29) is 12.2 Å². The molecule has 5 nitrogen and oxygen atoms in total. The van der Waals surface area contributed by atoms with Gasteiger partial charge in [0.25, 0.3) is 5.56 Å². The molecular formula is C20H15BrClN3O2. The van der Waals surface area contributed by atoms with Crippen molar-refractivity contribution in [3.05, 3.63) is 67.6 Å². The van der Waals surface area contributed by atoms with Crippen LogP contribution in [0.1, 0.15) is 18.3 Å². The molecule has 0 unspecified atom stereocenters. The maximum absolute atomic E-state index is 12.9. The molecule has 3 aromatic rings. The van der Waals surface area contributed by atoms with Crippen LogP contribution in [0.4, 0.5) is 0 Å². The van der Waals surface area contributed by atoms with Crippen LogP contribution in [-0.4, -0.2) is 22.5 Å². The number of hydrogen-bond donors (Lipinski definition) is 0. The summed E-state index contributed by atoms with van der Waals surface area (Å²) in [5.41, 5.74) is 0.996. The summed E-state index contributed by atoms with van der Waals surface area (Å²) in [6, 6.07) is 10.5. The molecule has 0 saturated heterocycles. The molecule has 3 rings (SSSR count). The van der Waals surface area contributed by atoms with Gasteiger partial charge in [-0.3, -0.25) is 4.79 Å². The molecule has 0 N–H and O–H groups in total. The van der Waals surface area contributed by atoms with Gasteiger partial charge in [0.2, 0.25) is 0 Å². The molecule has 0 spiro atoms. The van der Waals surface area contributed by atoms with Crippen molar-refractivity contribution in [2.45, 2.75) is 13.3 Å². The van der Waals surface area contributed by atoms with Gasteiger partial charge < -0.3 is 4.74 Å². The van der Waals surface area contributed by atoms with Gasteiger partial charge in [-0.05, 0) is 36.4 Å². The molecule has 7 heteroatoms. The van der Waals surface area contributed by atoms with Crippen LogP contribution in [0.25, 0.3) is 10.9 Å². The van der Waals surface area contributed by atoms with Crippen LogP contribution in [0.5, 0.6) is 5.75 Å². The molecule has 0 aliphatic rings. The molecule has 136 valence electrons. The fourth-order valence-corrected chi connectivity index (χ4v) is 3.08. The van der Waals surface area contributed by atoms with Crippen molar-refractivity contribution < 1.29 is 4.74 Å². The number of hydrogen-bond acceptors (Lipinski definition) is 4. The minimum atomic E-state index is -0.248. The van der Waals surface area contributed by atoms with Gasteiger partial charge in [-0.1, -0.05) is 40.4 Å². The Labute approximate surface area is 169 Å². The lowest BCUT2D eigenvalue weighted by Crippen LogP contribution is -2.22. The molecule has 0 saturated carbocycles. The van der Waals surface area contributed by atoms with Gasteiger partial charge in [-0.2, -0.15) is 9.78 Å². The maximum Gasteiger partial charge on any atom is 0.282 e. The van der Waals surface area contributed by atoms with Crippen LogP contribution >= 0.6 is 27.5 Å². The zero-order valence-electron chi connectivity index (χ0n) is 14.4. The van der Waals surface area contributed by atoms with E-state index in [1.54, 1.807) is 30.3 Å². The first-order valence-corrected chi connectivity index (χ1v) is 9.32. The molecule has 2 aromatic carbocycles. The number of terminal acetylenes is 1. The van der Waals surface area contributed by atoms with Crippen molar-refractivity contribution in [2.24, 2.45) is 5.10 Å². The second-order valence-corrected chi connectivity index (χ2v) is 6.93. The van der Waals surface area contributed by atoms with Crippen LogP contribution in [-0.2, 0) is 6.42 Å². The number of nitrogens with zero attached hydrogens (tertiary/aromatic N) is 3. The maximum atomic E-state index is 12.9. The summed E-state index contributed by atoms with van der Waals surface area (Å²) in [7, 11) is 0. The number of aromatic nitrogens is 2. The highest BCUT2D eigenvalue weighted by Crippen LogP contribution is 2.22. The van der Waals surface area contributed by atoms with Crippen LogP contribution in [0.3, 0.4) is 0 Å². The number of ether oxygens (including phenoxy) is 1. The Morgan fingerprint density at radius 2 is 2.19 bits per heavy atom. The van der Waals surface area contributed by atoms with E-state index >= 15 is 0 Å². The van der Waals surface area contributed by atoms with Gasteiger partial charge in [-0.25, -0.2) is 4.98 Å². The third-order valence-electron chi connectivity index (χ3n) is 3.79. The smallest absolute Gasteiger partial charge is 0.282 e. The van der Waals surface area contributed by atoms with Gasteiger partial charge >= 0.3 is 0 Å². The highest BCUT2D eigenvalue weighted by atomic mass is 79.9. The minimum Gasteiger partial charge on any atom is -0.480 e. The zero-order valence-corrected chi connectivity index (χ0v) is 16.8. The quantitative estimate of drug-likeness (QED) is 0.436. The SMILES string of the molecule is C#CCOc1ccc(Cl)cc1C=Nn1c(CC)nc2ccc(Br)cc2c1=O. The van der Waals surface area contributed by atoms with Gasteiger partial charge in [0.05, 0.1) is 17.1 Å². The summed E-state index contributed by atoms with van der Waals surface area (Å²) >= 11 is 9.46. The van der Waals surface area contributed by atoms with Gasteiger partial charge in [0, 0.05) is 21.5 Å². The Kier molecular flexibility index (Phi) is 5.94. The highest BCUT2D eigenvalue weighted by Gasteiger charge is 2.10. The molecule has 0 bridgehead atoms. The summed E-state index contributed by atoms with van der Waals surface area (Å²) in [5, 5.41) is 5.35. The fraction of sp³-hybridized carbons (Fsp3) is 0.150. The highest BCUT2D eigenvalue weighted by molar-refractivity contribution is 9.10. The molecule has 0 fully saturated rings. The van der Waals surface area contributed by atoms with E-state index in [9.17, 15) is 4.79 Å². The van der Waals surface area contributed by atoms with Crippen LogP contribution in [0.2, 0.25) is 5.02 Å². The van der Waals surface area contributed by atoms with Gasteiger partial charge in [0.1, 0.15) is 18.2 Å². The number of benzene rings is 2. The van der Waals surface area contributed by atoms with E-state index < -0.39 is 0 Å². The Morgan fingerprint density at radius 3 is 2.93 bits per heavy atom. The molecule has 1 heterocycles. The lowest BCUT2D eigenvalue weighted by Gasteiger charge is -2.09. The van der Waals surface area contributed by atoms with Crippen LogP contribution < -0.4 is 10.3 Å². The molecule has 1 aromatic heterocycles. The lowest BCUT2D eigenvalue weighted by molar-refractivity contribution is 0.370. The summed E-state index contributed by atoms with van der Waals surface area (Å²) in [5.74, 6) is 3.50. The van der Waals surface area contributed by atoms with Crippen LogP contribution in [0.15, 0.2) is 50.8 Å². The second kappa shape index (κ2) is 8.38. The van der Waals surface area contributed by atoms with E-state index in [0.717, 1.165) is 4.47 Å². The van der Waals surface area contributed by atoms with E-state index in [1.807, 2.05) is 13.0 Å². The molecular weight excluding hydrogens is 430 g/mol. The first-order chi connectivity index (χ1) is 13.0. The lowest BCUT2D eigenvalue weighted by atomic mass is 10.2. The molecule has 0 amide bonds. The van der Waals surface area contributed by atoms with Gasteiger partial charge in [-0.15, -0.1) is 6.42 Å². The summed E-state index contributed by atoms with van der Waals surface area (Å²) < 4.78 is 7.60. The molecule has 0 aliphatic heterocycles. The van der Waals surface area contributed by atoms with Gasteiger partial charge in [0.15, 0.2) is 0 Å². The first-order valence-electron chi connectivity index (χ1n) is 8.15. The topological polar surface area (TPSA) is 56.5 Å². The fourth-order valence-electron chi connectivity index (χ4n) is 2.53. The van der Waals surface area contributed by atoms with Crippen LogP contribution in [0, 0.1) is 12.3 Å². The average Bonchev–Trinajstić information content (AvgIpc) is 2.66. The average molecular weight is 445 g/mol. The van der Waals surface area contributed by atoms with Crippen molar-refractivity contribution in [2.75, 3.05) is 6.61 Å². The van der Waals surface area contributed by atoms with E-state index in [2.05, 4.69) is 31.9 Å². The Bertz CT molecular complexity index is 1130. The van der Waals surface area contributed by atoms with Crippen molar-refractivity contribution in [3.63, 3.8) is 0 Å². The number of aryl methyl sites for hydroxylation is 1. The Hall–Kier alpha value is -2.62. The third kappa shape index (κ3) is 4.21. The van der Waals surface area contributed by atoms with E-state index in [4.69, 9.17) is 22.8 Å². The van der Waals surface area contributed by atoms with E-state index in [0.29, 0.717) is 39.5 Å². The minimum absolute atomic E-state index is 0.119. The Morgan fingerprint density at radius 1 is 1.37 bits per heavy atom. The van der Waals surface area contributed by atoms with Crippen molar-refractivity contribution in [3.8, 4) is 18.1 Å². The second-order valence-electron chi connectivity index (χ2n) is 5.58. The van der Waals surface area contributed by atoms with Crippen molar-refractivity contribution in [1.82, 2.24) is 9.66 Å². The summed E-state index contributed by atoms with van der Waals surface area (Å²) in [4.78, 5) is 17.5. The first kappa shape index (κ1) is 19.2. The largest absolute Gasteiger partial charge is 0.480 e. The Balaban J connectivity index is 2.11. The number of halogens is 2. The van der Waals surface area contributed by atoms with Crippen molar-refractivity contribution >= 4 is 44.6 Å². The number of rotatable bonds is 5. The molecule has 0 radical (unpaired) electrons. The molecule has 0 aliphatic carbocycles. The summed E-state index contributed by atoms with van der Waals surface area (Å²) in [6.07, 6.45) is 7.32. The normalized spacial score (nSPS) is 11.0. The van der Waals surface area contributed by atoms with E-state index in [1.165, 1.54) is 10.9 Å². The standard InChI is InChI=1S/C20H15BrClN3O2/c1-3-9-27-18-8-6-15(22)10-13(18)12-23-25-19(4-2)24-17-7-5-14(21)11-16(17)20(25)26/h1,5-8,10-12H,4,9H2,2H3. The van der Waals surface area contributed by atoms with Crippen molar-refractivity contribution in [1.29, 1.82) is 0 Å². The monoisotopic (exact) mass is 443 g/mol. The summed E-state index contributed by atoms with van der Waals surface area (Å²) in [6.45, 7) is 2.04. The predicted molar refractivity (Wildman–Crippen MR) is 112 cm³/mol. The molecule has 27 heavy (non-hydrogen) atoms. The third-order valence-corrected chi connectivity index (χ3v) is 4.52. The zero-order chi connectivity index (χ0) is 19.4. The predicted octanol–water partition coefficient (Wildman–Crippen LogP) is 4.27.